The Morgan fingerprint density at radius 2 is 2.03 bits per heavy atom. The Morgan fingerprint density at radius 3 is 2.76 bits per heavy atom. The van der Waals surface area contributed by atoms with Crippen molar-refractivity contribution in [1.82, 2.24) is 15.5 Å². The van der Waals surface area contributed by atoms with Crippen molar-refractivity contribution in [2.45, 2.75) is 19.4 Å². The predicted octanol–water partition coefficient (Wildman–Crippen LogP) is 2.03. The minimum Gasteiger partial charge on any atom is -0.495 e. The number of hydrogen-bond donors (Lipinski definition) is 2. The zero-order valence-corrected chi connectivity index (χ0v) is 20.2. The van der Waals surface area contributed by atoms with Crippen molar-refractivity contribution in [3.63, 3.8) is 0 Å². The molecule has 1 aromatic rings. The van der Waals surface area contributed by atoms with Gasteiger partial charge in [-0.25, -0.2) is 0 Å². The average molecular weight is 517 g/mol. The van der Waals surface area contributed by atoms with Crippen LogP contribution in [0.25, 0.3) is 0 Å². The number of anilines is 1. The third-order valence-electron chi connectivity index (χ3n) is 5.47. The molecule has 29 heavy (non-hydrogen) atoms. The second kappa shape index (κ2) is 12.4. The molecular weight excluding hydrogens is 481 g/mol. The van der Waals surface area contributed by atoms with Crippen LogP contribution in [-0.2, 0) is 4.74 Å². The summed E-state index contributed by atoms with van der Waals surface area (Å²) in [4.78, 5) is 9.28. The van der Waals surface area contributed by atoms with Crippen molar-refractivity contribution in [1.29, 1.82) is 0 Å². The number of para-hydroxylation sites is 2. The van der Waals surface area contributed by atoms with Crippen LogP contribution in [0.5, 0.6) is 5.75 Å². The summed E-state index contributed by atoms with van der Waals surface area (Å²) in [7, 11) is 3.57. The number of nitrogens with zero attached hydrogens (tertiary/aromatic N) is 3. The van der Waals surface area contributed by atoms with E-state index in [4.69, 9.17) is 9.47 Å². The topological polar surface area (TPSA) is 61.4 Å². The maximum absolute atomic E-state index is 5.51. The molecule has 2 aliphatic rings. The van der Waals surface area contributed by atoms with Gasteiger partial charge in [0.25, 0.3) is 0 Å². The fourth-order valence-corrected chi connectivity index (χ4v) is 3.94. The van der Waals surface area contributed by atoms with Crippen LogP contribution in [-0.4, -0.2) is 83.5 Å². The number of methoxy groups -OCH3 is 1. The standard InChI is InChI=1S/C21H35N5O2.HI/c1-17(15-25-10-12-28-13-11-25)14-23-21(22-2)24-18-8-9-26(16-18)19-6-4-5-7-20(19)27-3;/h4-7,17-18H,8-16H2,1-3H3,(H2,22,23,24);1H. The minimum atomic E-state index is 0. The normalized spacial score (nSPS) is 21.4. The maximum atomic E-state index is 5.51. The molecule has 2 atom stereocenters. The molecule has 0 saturated carbocycles. The molecule has 0 aromatic heterocycles. The van der Waals surface area contributed by atoms with Crippen LogP contribution in [0.2, 0.25) is 0 Å². The van der Waals surface area contributed by atoms with Crippen LogP contribution in [0, 0.1) is 5.92 Å². The predicted molar refractivity (Wildman–Crippen MR) is 130 cm³/mol. The molecule has 2 aliphatic heterocycles. The smallest absolute Gasteiger partial charge is 0.191 e. The van der Waals surface area contributed by atoms with E-state index in [0.717, 1.165) is 76.3 Å². The van der Waals surface area contributed by atoms with Gasteiger partial charge in [-0.2, -0.15) is 0 Å². The van der Waals surface area contributed by atoms with Crippen molar-refractivity contribution in [3.05, 3.63) is 24.3 Å². The first kappa shape index (κ1) is 24.0. The fourth-order valence-electron chi connectivity index (χ4n) is 3.94. The lowest BCUT2D eigenvalue weighted by Crippen LogP contribution is -2.47. The van der Waals surface area contributed by atoms with Gasteiger partial charge in [-0.1, -0.05) is 19.1 Å². The number of morpholine rings is 1. The van der Waals surface area contributed by atoms with Crippen molar-refractivity contribution < 1.29 is 9.47 Å². The van der Waals surface area contributed by atoms with Gasteiger partial charge in [0.15, 0.2) is 5.96 Å². The lowest BCUT2D eigenvalue weighted by Gasteiger charge is -2.29. The minimum absolute atomic E-state index is 0. The lowest BCUT2D eigenvalue weighted by molar-refractivity contribution is 0.0320. The Bertz CT molecular complexity index is 639. The summed E-state index contributed by atoms with van der Waals surface area (Å²) < 4.78 is 10.9. The average Bonchev–Trinajstić information content (AvgIpc) is 3.20. The first-order valence-electron chi connectivity index (χ1n) is 10.3. The van der Waals surface area contributed by atoms with Gasteiger partial charge < -0.3 is 25.0 Å². The van der Waals surface area contributed by atoms with E-state index in [0.29, 0.717) is 12.0 Å². The molecule has 7 nitrogen and oxygen atoms in total. The Morgan fingerprint density at radius 1 is 1.28 bits per heavy atom. The Balaban J connectivity index is 0.00000300. The number of nitrogens with one attached hydrogen (secondary N) is 2. The summed E-state index contributed by atoms with van der Waals surface area (Å²) in [5.41, 5.74) is 1.16. The number of benzene rings is 1. The van der Waals surface area contributed by atoms with Gasteiger partial charge in [0.05, 0.1) is 26.0 Å². The highest BCUT2D eigenvalue weighted by Crippen LogP contribution is 2.30. The molecule has 8 heteroatoms. The number of ether oxygens (including phenoxy) is 2. The molecule has 1 aromatic carbocycles. The number of rotatable bonds is 7. The van der Waals surface area contributed by atoms with Gasteiger partial charge >= 0.3 is 0 Å². The monoisotopic (exact) mass is 517 g/mol. The molecule has 2 heterocycles. The second-order valence-corrected chi connectivity index (χ2v) is 7.72. The summed E-state index contributed by atoms with van der Waals surface area (Å²) in [6.45, 7) is 10.1. The van der Waals surface area contributed by atoms with Gasteiger partial charge in [0.2, 0.25) is 0 Å². The molecule has 2 N–H and O–H groups in total. The van der Waals surface area contributed by atoms with Crippen molar-refractivity contribution in [2.75, 3.05) is 71.5 Å². The van der Waals surface area contributed by atoms with Crippen LogP contribution < -0.4 is 20.3 Å². The Labute approximate surface area is 192 Å². The molecule has 0 radical (unpaired) electrons. The van der Waals surface area contributed by atoms with E-state index in [1.54, 1.807) is 7.11 Å². The summed E-state index contributed by atoms with van der Waals surface area (Å²) in [6, 6.07) is 8.60. The molecule has 164 valence electrons. The van der Waals surface area contributed by atoms with Crippen molar-refractivity contribution >= 4 is 35.6 Å². The van der Waals surface area contributed by atoms with E-state index in [-0.39, 0.29) is 24.0 Å². The molecule has 2 unspecified atom stereocenters. The molecule has 2 fully saturated rings. The first-order chi connectivity index (χ1) is 13.7. The van der Waals surface area contributed by atoms with Crippen LogP contribution in [0.1, 0.15) is 13.3 Å². The highest BCUT2D eigenvalue weighted by atomic mass is 127. The van der Waals surface area contributed by atoms with E-state index in [1.807, 2.05) is 19.2 Å². The summed E-state index contributed by atoms with van der Waals surface area (Å²) in [6.07, 6.45) is 1.09. The Hall–Kier alpha value is -1.26. The number of guanidine groups is 1. The van der Waals surface area contributed by atoms with Crippen molar-refractivity contribution in [3.8, 4) is 5.75 Å². The highest BCUT2D eigenvalue weighted by Gasteiger charge is 2.25. The SMILES string of the molecule is CN=C(NCC(C)CN1CCOCC1)NC1CCN(c2ccccc2OC)C1.I. The quantitative estimate of drug-likeness (QED) is 0.328. The van der Waals surface area contributed by atoms with Crippen LogP contribution >= 0.6 is 24.0 Å². The maximum Gasteiger partial charge on any atom is 0.191 e. The lowest BCUT2D eigenvalue weighted by atomic mass is 10.1. The number of hydrogen-bond acceptors (Lipinski definition) is 5. The Kier molecular flexibility index (Phi) is 10.3. The van der Waals surface area contributed by atoms with E-state index < -0.39 is 0 Å². The third kappa shape index (κ3) is 7.18. The molecule has 0 spiro atoms. The number of aliphatic imine (C=N–C) groups is 1. The third-order valence-corrected chi connectivity index (χ3v) is 5.47. The molecule has 0 bridgehead atoms. The molecule has 3 rings (SSSR count). The van der Waals surface area contributed by atoms with Gasteiger partial charge in [0, 0.05) is 52.4 Å². The van der Waals surface area contributed by atoms with E-state index in [1.165, 1.54) is 0 Å². The summed E-state index contributed by atoms with van der Waals surface area (Å²) >= 11 is 0. The zero-order chi connectivity index (χ0) is 19.8. The molecule has 2 saturated heterocycles. The van der Waals surface area contributed by atoms with Crippen LogP contribution in [0.15, 0.2) is 29.3 Å². The van der Waals surface area contributed by atoms with Gasteiger partial charge in [-0.05, 0) is 24.5 Å². The van der Waals surface area contributed by atoms with Gasteiger partial charge in [-0.3, -0.25) is 9.89 Å². The molecule has 0 aliphatic carbocycles. The van der Waals surface area contributed by atoms with E-state index >= 15 is 0 Å². The summed E-state index contributed by atoms with van der Waals surface area (Å²) in [5, 5.41) is 7.09. The van der Waals surface area contributed by atoms with E-state index in [9.17, 15) is 0 Å². The van der Waals surface area contributed by atoms with Crippen LogP contribution in [0.3, 0.4) is 0 Å². The zero-order valence-electron chi connectivity index (χ0n) is 17.9. The largest absolute Gasteiger partial charge is 0.495 e. The van der Waals surface area contributed by atoms with Gasteiger partial charge in [0.1, 0.15) is 5.75 Å². The second-order valence-electron chi connectivity index (χ2n) is 7.72. The fraction of sp³-hybridized carbons (Fsp3) is 0.667. The summed E-state index contributed by atoms with van der Waals surface area (Å²) in [5.74, 6) is 2.38. The molecular formula is C21H36IN5O2. The van der Waals surface area contributed by atoms with E-state index in [2.05, 4.69) is 44.5 Å². The van der Waals surface area contributed by atoms with Crippen molar-refractivity contribution in [2.24, 2.45) is 10.9 Å². The molecule has 0 amide bonds. The highest BCUT2D eigenvalue weighted by molar-refractivity contribution is 14.0. The van der Waals surface area contributed by atoms with Gasteiger partial charge in [-0.15, -0.1) is 24.0 Å². The van der Waals surface area contributed by atoms with Crippen LogP contribution in [0.4, 0.5) is 5.69 Å². The first-order valence-corrected chi connectivity index (χ1v) is 10.3. The number of halogens is 1.